The maximum atomic E-state index is 6.15. The number of hydrogen-bond donors (Lipinski definition) is 0. The zero-order valence-corrected chi connectivity index (χ0v) is 10.5. The Bertz CT molecular complexity index is 523. The molecule has 0 amide bonds. The summed E-state index contributed by atoms with van der Waals surface area (Å²) in [5, 5.41) is 1.61. The third-order valence-electron chi connectivity index (χ3n) is 3.63. The van der Waals surface area contributed by atoms with Crippen LogP contribution in [0.1, 0.15) is 25.0 Å². The molecule has 0 bridgehead atoms. The van der Waals surface area contributed by atoms with Gasteiger partial charge in [0.25, 0.3) is 0 Å². The smallest absolute Gasteiger partial charge is 0.0705 e. The summed E-state index contributed by atoms with van der Waals surface area (Å²) in [7, 11) is 0. The van der Waals surface area contributed by atoms with E-state index >= 15 is 0 Å². The molecule has 0 saturated heterocycles. The number of para-hydroxylation sites is 1. The van der Waals surface area contributed by atoms with Gasteiger partial charge in [-0.15, -0.1) is 11.6 Å². The second-order valence-electron chi connectivity index (χ2n) is 4.98. The van der Waals surface area contributed by atoms with Crippen molar-refractivity contribution in [3.8, 4) is 0 Å². The first-order valence-electron chi connectivity index (χ1n) is 6.30. The number of aromatic nitrogens is 1. The monoisotopic (exact) mass is 245 g/mol. The van der Waals surface area contributed by atoms with Crippen LogP contribution < -0.4 is 0 Å². The van der Waals surface area contributed by atoms with E-state index in [1.54, 1.807) is 0 Å². The molecule has 2 unspecified atom stereocenters. The van der Waals surface area contributed by atoms with E-state index in [4.69, 9.17) is 16.6 Å². The molecule has 0 spiro atoms. The fourth-order valence-corrected chi connectivity index (χ4v) is 3.09. The Morgan fingerprint density at radius 1 is 1.12 bits per heavy atom. The normalized spacial score (nSPS) is 24.3. The topological polar surface area (TPSA) is 12.9 Å². The third-order valence-corrected chi connectivity index (χ3v) is 4.03. The van der Waals surface area contributed by atoms with E-state index in [1.165, 1.54) is 23.9 Å². The minimum absolute atomic E-state index is 0.389. The number of benzene rings is 1. The molecule has 1 fully saturated rings. The Labute approximate surface area is 107 Å². The predicted molar refractivity (Wildman–Crippen MR) is 72.4 cm³/mol. The van der Waals surface area contributed by atoms with Crippen molar-refractivity contribution in [2.75, 3.05) is 0 Å². The van der Waals surface area contributed by atoms with Crippen LogP contribution in [0.4, 0.5) is 0 Å². The van der Waals surface area contributed by atoms with Crippen molar-refractivity contribution in [2.45, 2.75) is 31.1 Å². The first-order valence-corrected chi connectivity index (χ1v) is 6.73. The van der Waals surface area contributed by atoms with Crippen LogP contribution in [0.5, 0.6) is 0 Å². The molecule has 0 radical (unpaired) electrons. The molecule has 1 aliphatic carbocycles. The molecule has 1 aliphatic rings. The Balaban J connectivity index is 1.81. The summed E-state index contributed by atoms with van der Waals surface area (Å²) < 4.78 is 0. The molecule has 1 nitrogen and oxygen atoms in total. The van der Waals surface area contributed by atoms with E-state index < -0.39 is 0 Å². The lowest BCUT2D eigenvalue weighted by Crippen LogP contribution is -2.02. The van der Waals surface area contributed by atoms with Gasteiger partial charge in [0.1, 0.15) is 0 Å². The van der Waals surface area contributed by atoms with Crippen molar-refractivity contribution in [3.05, 3.63) is 42.1 Å². The zero-order valence-electron chi connectivity index (χ0n) is 9.77. The highest BCUT2D eigenvalue weighted by atomic mass is 35.5. The van der Waals surface area contributed by atoms with Gasteiger partial charge in [0.05, 0.1) is 5.52 Å². The molecular formula is C15H16ClN. The van der Waals surface area contributed by atoms with E-state index in [1.807, 2.05) is 6.07 Å². The van der Waals surface area contributed by atoms with Crippen molar-refractivity contribution < 1.29 is 0 Å². The van der Waals surface area contributed by atoms with Gasteiger partial charge in [0.2, 0.25) is 0 Å². The molecule has 0 aliphatic heterocycles. The van der Waals surface area contributed by atoms with Gasteiger partial charge in [-0.2, -0.15) is 0 Å². The largest absolute Gasteiger partial charge is 0.253 e. The minimum Gasteiger partial charge on any atom is -0.253 e. The summed E-state index contributed by atoms with van der Waals surface area (Å²) in [4.78, 5) is 4.72. The number of hydrogen-bond acceptors (Lipinski definition) is 1. The molecule has 17 heavy (non-hydrogen) atoms. The van der Waals surface area contributed by atoms with Crippen molar-refractivity contribution >= 4 is 22.5 Å². The maximum Gasteiger partial charge on any atom is 0.0705 e. The Morgan fingerprint density at radius 2 is 2.00 bits per heavy atom. The second-order valence-corrected chi connectivity index (χ2v) is 5.59. The summed E-state index contributed by atoms with van der Waals surface area (Å²) in [6.45, 7) is 0. The lowest BCUT2D eigenvalue weighted by atomic mass is 10.0. The standard InChI is InChI=1S/C15H16ClN/c16-13-7-5-11(9-13)10-14-8-6-12-3-1-2-4-15(12)17-14/h1-4,6,8,11,13H,5,7,9-10H2. The molecule has 1 saturated carbocycles. The van der Waals surface area contributed by atoms with Gasteiger partial charge in [-0.05, 0) is 43.7 Å². The zero-order chi connectivity index (χ0) is 11.7. The summed E-state index contributed by atoms with van der Waals surface area (Å²) in [5.41, 5.74) is 2.31. The van der Waals surface area contributed by atoms with Crippen LogP contribution in [0.3, 0.4) is 0 Å². The van der Waals surface area contributed by atoms with Crippen LogP contribution in [-0.2, 0) is 6.42 Å². The van der Waals surface area contributed by atoms with Crippen LogP contribution in [0.2, 0.25) is 0 Å². The van der Waals surface area contributed by atoms with Gasteiger partial charge < -0.3 is 0 Å². The summed E-state index contributed by atoms with van der Waals surface area (Å²) in [5.74, 6) is 0.728. The molecule has 2 heteroatoms. The molecule has 2 atom stereocenters. The average Bonchev–Trinajstić information content (AvgIpc) is 2.75. The van der Waals surface area contributed by atoms with Crippen molar-refractivity contribution in [1.29, 1.82) is 0 Å². The maximum absolute atomic E-state index is 6.15. The average molecular weight is 246 g/mol. The fraction of sp³-hybridized carbons (Fsp3) is 0.400. The van der Waals surface area contributed by atoms with E-state index in [0.29, 0.717) is 5.38 Å². The number of rotatable bonds is 2. The first kappa shape index (κ1) is 11.0. The third kappa shape index (κ3) is 2.44. The van der Waals surface area contributed by atoms with E-state index in [9.17, 15) is 0 Å². The lowest BCUT2D eigenvalue weighted by Gasteiger charge is -2.09. The molecule has 1 heterocycles. The molecule has 1 aromatic carbocycles. The molecule has 1 aromatic heterocycles. The van der Waals surface area contributed by atoms with Crippen molar-refractivity contribution in [3.63, 3.8) is 0 Å². The highest BCUT2D eigenvalue weighted by Gasteiger charge is 2.23. The summed E-state index contributed by atoms with van der Waals surface area (Å²) in [6.07, 6.45) is 4.65. The highest BCUT2D eigenvalue weighted by molar-refractivity contribution is 6.20. The number of pyridine rings is 1. The van der Waals surface area contributed by atoms with Crippen LogP contribution in [0.15, 0.2) is 36.4 Å². The predicted octanol–water partition coefficient (Wildman–Crippen LogP) is 4.18. The van der Waals surface area contributed by atoms with Crippen LogP contribution in [0, 0.1) is 5.92 Å². The molecular weight excluding hydrogens is 230 g/mol. The van der Waals surface area contributed by atoms with Gasteiger partial charge in [-0.1, -0.05) is 24.3 Å². The Morgan fingerprint density at radius 3 is 2.82 bits per heavy atom. The number of halogens is 1. The quantitative estimate of drug-likeness (QED) is 0.724. The molecule has 2 aromatic rings. The Kier molecular flexibility index (Phi) is 3.02. The van der Waals surface area contributed by atoms with Gasteiger partial charge in [-0.25, -0.2) is 0 Å². The fourth-order valence-electron chi connectivity index (χ4n) is 2.72. The first-order chi connectivity index (χ1) is 8.31. The SMILES string of the molecule is ClC1CCC(Cc2ccc3ccccc3n2)C1. The van der Waals surface area contributed by atoms with E-state index in [0.717, 1.165) is 24.3 Å². The van der Waals surface area contributed by atoms with Crippen LogP contribution >= 0.6 is 11.6 Å². The highest BCUT2D eigenvalue weighted by Crippen LogP contribution is 2.31. The van der Waals surface area contributed by atoms with Gasteiger partial charge >= 0.3 is 0 Å². The summed E-state index contributed by atoms with van der Waals surface area (Å²) >= 11 is 6.15. The van der Waals surface area contributed by atoms with Crippen LogP contribution in [-0.4, -0.2) is 10.4 Å². The number of alkyl halides is 1. The van der Waals surface area contributed by atoms with Crippen LogP contribution in [0.25, 0.3) is 10.9 Å². The number of nitrogens with zero attached hydrogens (tertiary/aromatic N) is 1. The van der Waals surface area contributed by atoms with Gasteiger partial charge in [0.15, 0.2) is 0 Å². The van der Waals surface area contributed by atoms with E-state index in [-0.39, 0.29) is 0 Å². The summed E-state index contributed by atoms with van der Waals surface area (Å²) in [6, 6.07) is 12.6. The van der Waals surface area contributed by atoms with E-state index in [2.05, 4.69) is 30.3 Å². The van der Waals surface area contributed by atoms with Crippen molar-refractivity contribution in [2.24, 2.45) is 5.92 Å². The Hall–Kier alpha value is -1.08. The van der Waals surface area contributed by atoms with Crippen molar-refractivity contribution in [1.82, 2.24) is 4.98 Å². The molecule has 88 valence electrons. The van der Waals surface area contributed by atoms with Gasteiger partial charge in [-0.3, -0.25) is 4.98 Å². The minimum atomic E-state index is 0.389. The lowest BCUT2D eigenvalue weighted by molar-refractivity contribution is 0.541. The molecule has 0 N–H and O–H groups in total. The number of fused-ring (bicyclic) bond motifs is 1. The van der Waals surface area contributed by atoms with Gasteiger partial charge in [0, 0.05) is 16.5 Å². The second kappa shape index (κ2) is 4.66. The molecule has 3 rings (SSSR count).